The zero-order chi connectivity index (χ0) is 19.7. The minimum atomic E-state index is -0.364. The fourth-order valence-electron chi connectivity index (χ4n) is 3.02. The highest BCUT2D eigenvalue weighted by atomic mass is 35.5. The number of fused-ring (bicyclic) bond motifs is 1. The van der Waals surface area contributed by atoms with E-state index >= 15 is 0 Å². The van der Waals surface area contributed by atoms with Crippen molar-refractivity contribution in [2.45, 2.75) is 19.8 Å². The normalized spacial score (nSPS) is 14.1. The molecule has 7 nitrogen and oxygen atoms in total. The fraction of sp³-hybridized carbons (Fsp3) is 0.350. The first-order chi connectivity index (χ1) is 13.6. The lowest BCUT2D eigenvalue weighted by Gasteiger charge is -2.14. The van der Waals surface area contributed by atoms with Crippen LogP contribution in [0.4, 0.5) is 5.69 Å². The monoisotopic (exact) mass is 399 g/mol. The van der Waals surface area contributed by atoms with E-state index in [0.717, 1.165) is 17.4 Å². The molecule has 28 heavy (non-hydrogen) atoms. The summed E-state index contributed by atoms with van der Waals surface area (Å²) in [4.78, 5) is 12.9. The van der Waals surface area contributed by atoms with Crippen LogP contribution < -0.4 is 10.9 Å². The Bertz CT molecular complexity index is 1100. The minimum Gasteiger partial charge on any atom is -0.501 e. The number of aryl methyl sites for hydroxylation is 1. The molecule has 0 saturated heterocycles. The predicted octanol–water partition coefficient (Wildman–Crippen LogP) is 3.60. The van der Waals surface area contributed by atoms with Gasteiger partial charge in [-0.3, -0.25) is 9.48 Å². The van der Waals surface area contributed by atoms with E-state index in [9.17, 15) is 4.79 Å². The van der Waals surface area contributed by atoms with Crippen molar-refractivity contribution in [2.75, 3.05) is 18.5 Å². The largest absolute Gasteiger partial charge is 0.501 e. The molecule has 0 atom stereocenters. The number of nitrogens with one attached hydrogen (secondary N) is 1. The average molecular weight is 400 g/mol. The van der Waals surface area contributed by atoms with Gasteiger partial charge in [0.1, 0.15) is 10.7 Å². The molecule has 1 aliphatic rings. The van der Waals surface area contributed by atoms with Crippen molar-refractivity contribution in [1.29, 1.82) is 0 Å². The maximum absolute atomic E-state index is 12.9. The van der Waals surface area contributed by atoms with Crippen LogP contribution in [-0.2, 0) is 11.8 Å². The van der Waals surface area contributed by atoms with Crippen LogP contribution in [0.25, 0.3) is 22.7 Å². The van der Waals surface area contributed by atoms with Gasteiger partial charge in [-0.25, -0.2) is 0 Å². The number of aromatic nitrogens is 4. The number of ether oxygens (including phenoxy) is 1. The van der Waals surface area contributed by atoms with Gasteiger partial charge in [0.2, 0.25) is 0 Å². The summed E-state index contributed by atoms with van der Waals surface area (Å²) in [7, 11) is 1.86. The lowest BCUT2D eigenvalue weighted by atomic mass is 10.2. The van der Waals surface area contributed by atoms with Gasteiger partial charge in [-0.2, -0.15) is 14.9 Å². The molecule has 146 valence electrons. The van der Waals surface area contributed by atoms with E-state index in [1.54, 1.807) is 17.0 Å². The second-order valence-electron chi connectivity index (χ2n) is 6.92. The van der Waals surface area contributed by atoms with Crippen LogP contribution in [0.15, 0.2) is 35.5 Å². The molecule has 2 heterocycles. The highest BCUT2D eigenvalue weighted by Crippen LogP contribution is 2.31. The number of hydrogen-bond donors (Lipinski definition) is 1. The summed E-state index contributed by atoms with van der Waals surface area (Å²) in [6.45, 7) is 3.23. The van der Waals surface area contributed by atoms with Crippen LogP contribution in [0, 0.1) is 5.92 Å². The van der Waals surface area contributed by atoms with E-state index in [-0.39, 0.29) is 10.6 Å². The smallest absolute Gasteiger partial charge is 0.292 e. The number of anilines is 1. The van der Waals surface area contributed by atoms with Gasteiger partial charge in [0.15, 0.2) is 0 Å². The van der Waals surface area contributed by atoms with E-state index < -0.39 is 0 Å². The molecule has 1 saturated carbocycles. The van der Waals surface area contributed by atoms with E-state index in [1.807, 2.05) is 38.4 Å². The van der Waals surface area contributed by atoms with Crippen molar-refractivity contribution in [3.8, 4) is 5.69 Å². The molecule has 3 aromatic rings. The number of rotatable bonds is 7. The summed E-state index contributed by atoms with van der Waals surface area (Å²) in [6.07, 6.45) is 7.59. The van der Waals surface area contributed by atoms with Crippen molar-refractivity contribution < 1.29 is 4.74 Å². The quantitative estimate of drug-likeness (QED) is 0.614. The molecule has 8 heteroatoms. The lowest BCUT2D eigenvalue weighted by molar-refractivity contribution is 0.272. The Morgan fingerprint density at radius 1 is 1.36 bits per heavy atom. The number of hydrogen-bond acceptors (Lipinski definition) is 5. The SMILES string of the molecule is CCO/C=C/c1nn(-c2ccc3nn(C)cc3c2)c(=O)c(Cl)c1NCC1CC1. The highest BCUT2D eigenvalue weighted by molar-refractivity contribution is 6.33. The Morgan fingerprint density at radius 2 is 2.18 bits per heavy atom. The van der Waals surface area contributed by atoms with Gasteiger partial charge in [-0.05, 0) is 43.9 Å². The van der Waals surface area contributed by atoms with Gasteiger partial charge in [0.05, 0.1) is 29.8 Å². The fourth-order valence-corrected chi connectivity index (χ4v) is 3.26. The summed E-state index contributed by atoms with van der Waals surface area (Å²) in [5.74, 6) is 0.634. The number of nitrogens with zero attached hydrogens (tertiary/aromatic N) is 4. The Balaban J connectivity index is 1.79. The zero-order valence-corrected chi connectivity index (χ0v) is 16.6. The molecule has 1 aliphatic carbocycles. The van der Waals surface area contributed by atoms with Crippen molar-refractivity contribution >= 4 is 34.3 Å². The van der Waals surface area contributed by atoms with Crippen LogP contribution in [-0.4, -0.2) is 32.7 Å². The third kappa shape index (κ3) is 3.75. The molecular formula is C20H22ClN5O2. The van der Waals surface area contributed by atoms with Crippen molar-refractivity contribution in [3.63, 3.8) is 0 Å². The van der Waals surface area contributed by atoms with E-state index in [1.165, 1.54) is 17.5 Å². The average Bonchev–Trinajstić information content (AvgIpc) is 3.43. The van der Waals surface area contributed by atoms with Gasteiger partial charge in [0, 0.05) is 31.3 Å². The first kappa shape index (κ1) is 18.6. The Labute approximate surface area is 167 Å². The molecule has 1 fully saturated rings. The molecule has 4 rings (SSSR count). The zero-order valence-electron chi connectivity index (χ0n) is 15.9. The number of halogens is 1. The Hall–Kier alpha value is -2.80. The van der Waals surface area contributed by atoms with E-state index in [0.29, 0.717) is 29.6 Å². The van der Waals surface area contributed by atoms with Crippen LogP contribution in [0.2, 0.25) is 5.02 Å². The van der Waals surface area contributed by atoms with Crippen LogP contribution in [0.3, 0.4) is 0 Å². The molecule has 0 spiro atoms. The maximum atomic E-state index is 12.9. The molecule has 0 radical (unpaired) electrons. The van der Waals surface area contributed by atoms with Gasteiger partial charge >= 0.3 is 0 Å². The first-order valence-electron chi connectivity index (χ1n) is 9.35. The molecule has 0 aliphatic heterocycles. The van der Waals surface area contributed by atoms with Crippen molar-refractivity contribution in [2.24, 2.45) is 13.0 Å². The molecular weight excluding hydrogens is 378 g/mol. The second-order valence-corrected chi connectivity index (χ2v) is 7.30. The minimum absolute atomic E-state index is 0.123. The van der Waals surface area contributed by atoms with Crippen LogP contribution in [0.5, 0.6) is 0 Å². The maximum Gasteiger partial charge on any atom is 0.292 e. The first-order valence-corrected chi connectivity index (χ1v) is 9.73. The topological polar surface area (TPSA) is 74.0 Å². The lowest BCUT2D eigenvalue weighted by Crippen LogP contribution is -2.25. The summed E-state index contributed by atoms with van der Waals surface area (Å²) in [6, 6.07) is 5.55. The molecule has 1 N–H and O–H groups in total. The molecule has 0 amide bonds. The highest BCUT2D eigenvalue weighted by Gasteiger charge is 2.23. The Kier molecular flexibility index (Phi) is 5.09. The van der Waals surface area contributed by atoms with Gasteiger partial charge in [-0.15, -0.1) is 0 Å². The molecule has 1 aromatic carbocycles. The summed E-state index contributed by atoms with van der Waals surface area (Å²) < 4.78 is 8.37. The van der Waals surface area contributed by atoms with E-state index in [2.05, 4.69) is 15.5 Å². The third-order valence-electron chi connectivity index (χ3n) is 4.66. The molecule has 2 aromatic heterocycles. The molecule has 0 unspecified atom stereocenters. The predicted molar refractivity (Wildman–Crippen MR) is 111 cm³/mol. The van der Waals surface area contributed by atoms with Crippen molar-refractivity contribution in [3.05, 3.63) is 51.7 Å². The van der Waals surface area contributed by atoms with Gasteiger partial charge < -0.3 is 10.1 Å². The molecule has 0 bridgehead atoms. The van der Waals surface area contributed by atoms with Crippen LogP contribution in [0.1, 0.15) is 25.5 Å². The standard InChI is InChI=1S/C20H22ClN5O2/c1-3-28-9-8-17-19(22-11-13-4-5-13)18(21)20(27)26(24-17)15-6-7-16-14(10-15)12-25(2)23-16/h6-10,12-13,22H,3-5,11H2,1-2H3/b9-8+. The Morgan fingerprint density at radius 3 is 2.93 bits per heavy atom. The third-order valence-corrected chi connectivity index (χ3v) is 5.01. The van der Waals surface area contributed by atoms with Crippen LogP contribution >= 0.6 is 11.6 Å². The van der Waals surface area contributed by atoms with Gasteiger partial charge in [-0.1, -0.05) is 11.6 Å². The summed E-state index contributed by atoms with van der Waals surface area (Å²) in [5, 5.41) is 13.3. The van der Waals surface area contributed by atoms with Gasteiger partial charge in [0.25, 0.3) is 5.56 Å². The number of benzene rings is 1. The summed E-state index contributed by atoms with van der Waals surface area (Å²) in [5.41, 5.74) is 2.23. The summed E-state index contributed by atoms with van der Waals surface area (Å²) >= 11 is 6.47. The van der Waals surface area contributed by atoms with E-state index in [4.69, 9.17) is 16.3 Å². The second kappa shape index (κ2) is 7.67. The van der Waals surface area contributed by atoms with Crippen molar-refractivity contribution in [1.82, 2.24) is 19.6 Å².